The van der Waals surface area contributed by atoms with Crippen LogP contribution in [0.3, 0.4) is 0 Å². The Morgan fingerprint density at radius 1 is 1.26 bits per heavy atom. The number of hydrogen-bond acceptors (Lipinski definition) is 5. The number of anilines is 1. The summed E-state index contributed by atoms with van der Waals surface area (Å²) in [7, 11) is 0. The lowest BCUT2D eigenvalue weighted by Gasteiger charge is -2.02. The molecule has 0 aliphatic heterocycles. The van der Waals surface area contributed by atoms with E-state index in [0.29, 0.717) is 0 Å². The van der Waals surface area contributed by atoms with Gasteiger partial charge in [0.2, 0.25) is 0 Å². The fraction of sp³-hybridized carbons (Fsp3) is 0. The molecule has 23 heavy (non-hydrogen) atoms. The highest BCUT2D eigenvalue weighted by Gasteiger charge is 2.14. The summed E-state index contributed by atoms with van der Waals surface area (Å²) in [4.78, 5) is 27.2. The normalized spacial score (nSPS) is 10.5. The maximum Gasteiger partial charge on any atom is 0.277 e. The van der Waals surface area contributed by atoms with Gasteiger partial charge in [-0.15, -0.1) is 0 Å². The lowest BCUT2D eigenvalue weighted by atomic mass is 10.3. The molecule has 2 aromatic heterocycles. The Morgan fingerprint density at radius 3 is 2.74 bits per heavy atom. The number of rotatable bonds is 4. The molecule has 2 heterocycles. The number of nitrogens with one attached hydrogen (secondary N) is 1. The summed E-state index contributed by atoms with van der Waals surface area (Å²) in [6, 6.07) is 7.53. The van der Waals surface area contributed by atoms with Gasteiger partial charge in [-0.2, -0.15) is 5.10 Å². The highest BCUT2D eigenvalue weighted by Crippen LogP contribution is 2.18. The maximum absolute atomic E-state index is 13.7. The second kappa shape index (κ2) is 5.97. The minimum atomic E-state index is -0.619. The maximum atomic E-state index is 13.7. The molecule has 116 valence electrons. The Bertz CT molecular complexity index is 889. The molecule has 0 bridgehead atoms. The summed E-state index contributed by atoms with van der Waals surface area (Å²) in [6.07, 6.45) is 2.75. The van der Waals surface area contributed by atoms with E-state index in [0.717, 1.165) is 11.3 Å². The first-order chi connectivity index (χ1) is 11.0. The molecule has 0 saturated heterocycles. The van der Waals surface area contributed by atoms with Gasteiger partial charge in [0.15, 0.2) is 10.8 Å². The molecule has 0 spiro atoms. The summed E-state index contributed by atoms with van der Waals surface area (Å²) < 4.78 is 15.0. The molecule has 0 radical (unpaired) electrons. The van der Waals surface area contributed by atoms with Gasteiger partial charge < -0.3 is 5.73 Å². The zero-order valence-corrected chi connectivity index (χ0v) is 12.4. The minimum Gasteiger partial charge on any atom is -0.365 e. The van der Waals surface area contributed by atoms with Crippen molar-refractivity contribution in [3.63, 3.8) is 0 Å². The van der Waals surface area contributed by atoms with Crippen LogP contribution in [0.4, 0.5) is 9.52 Å². The van der Waals surface area contributed by atoms with Gasteiger partial charge in [-0.25, -0.2) is 14.1 Å². The number of aromatic nitrogens is 3. The molecule has 0 aliphatic carbocycles. The van der Waals surface area contributed by atoms with Gasteiger partial charge in [0.1, 0.15) is 16.4 Å². The number of hydrogen-bond donors (Lipinski definition) is 2. The van der Waals surface area contributed by atoms with E-state index >= 15 is 0 Å². The van der Waals surface area contributed by atoms with Crippen molar-refractivity contribution in [3.05, 3.63) is 59.1 Å². The zero-order chi connectivity index (χ0) is 16.4. The van der Waals surface area contributed by atoms with E-state index in [4.69, 9.17) is 5.73 Å². The quantitative estimate of drug-likeness (QED) is 0.761. The number of thiazole rings is 1. The van der Waals surface area contributed by atoms with Gasteiger partial charge in [-0.1, -0.05) is 23.5 Å². The molecule has 7 nitrogen and oxygen atoms in total. The largest absolute Gasteiger partial charge is 0.365 e. The first-order valence-electron chi connectivity index (χ1n) is 6.42. The Balaban J connectivity index is 1.78. The van der Waals surface area contributed by atoms with Crippen molar-refractivity contribution in [2.24, 2.45) is 5.73 Å². The van der Waals surface area contributed by atoms with Crippen molar-refractivity contribution >= 4 is 28.3 Å². The van der Waals surface area contributed by atoms with E-state index in [2.05, 4.69) is 15.4 Å². The second-order valence-electron chi connectivity index (χ2n) is 4.44. The van der Waals surface area contributed by atoms with Crippen LogP contribution in [-0.4, -0.2) is 26.6 Å². The lowest BCUT2D eigenvalue weighted by Crippen LogP contribution is -2.13. The number of halogens is 1. The van der Waals surface area contributed by atoms with Gasteiger partial charge in [-0.3, -0.25) is 14.9 Å². The standard InChI is InChI=1S/C14H10FN5O2S/c15-8-3-1-2-4-10(8)20-6-5-9(19-20)13(22)18-14-17-7-11(23-14)12(16)21/h1-7H,(H2,16,21)(H,17,18,22). The van der Waals surface area contributed by atoms with Crippen molar-refractivity contribution in [2.45, 2.75) is 0 Å². The van der Waals surface area contributed by atoms with Crippen molar-refractivity contribution in [3.8, 4) is 5.69 Å². The summed E-state index contributed by atoms with van der Waals surface area (Å²) >= 11 is 0.957. The number of nitrogens with two attached hydrogens (primary N) is 1. The molecule has 0 saturated carbocycles. The van der Waals surface area contributed by atoms with E-state index in [1.807, 2.05) is 0 Å². The Morgan fingerprint density at radius 2 is 2.04 bits per heavy atom. The highest BCUT2D eigenvalue weighted by atomic mass is 32.1. The smallest absolute Gasteiger partial charge is 0.277 e. The van der Waals surface area contributed by atoms with Gasteiger partial charge in [0.25, 0.3) is 11.8 Å². The number of carbonyl (C=O) groups excluding carboxylic acids is 2. The number of carbonyl (C=O) groups is 2. The Labute approximate surface area is 133 Å². The third kappa shape index (κ3) is 3.09. The van der Waals surface area contributed by atoms with Gasteiger partial charge in [-0.05, 0) is 18.2 Å². The average molecular weight is 331 g/mol. The number of benzene rings is 1. The number of para-hydroxylation sites is 1. The fourth-order valence-electron chi connectivity index (χ4n) is 1.82. The van der Waals surface area contributed by atoms with Crippen LogP contribution in [0.15, 0.2) is 42.7 Å². The SMILES string of the molecule is NC(=O)c1cnc(NC(=O)c2ccn(-c3ccccc3F)n2)s1. The van der Waals surface area contributed by atoms with E-state index < -0.39 is 17.6 Å². The first-order valence-corrected chi connectivity index (χ1v) is 7.24. The van der Waals surface area contributed by atoms with Crippen molar-refractivity contribution in [1.29, 1.82) is 0 Å². The summed E-state index contributed by atoms with van der Waals surface area (Å²) in [5.74, 6) is -1.59. The predicted molar refractivity (Wildman–Crippen MR) is 82.1 cm³/mol. The third-order valence-corrected chi connectivity index (χ3v) is 3.82. The van der Waals surface area contributed by atoms with Gasteiger partial charge >= 0.3 is 0 Å². The van der Waals surface area contributed by atoms with Gasteiger partial charge in [0, 0.05) is 6.20 Å². The van der Waals surface area contributed by atoms with Crippen molar-refractivity contribution in [1.82, 2.24) is 14.8 Å². The number of amides is 2. The average Bonchev–Trinajstić information content (AvgIpc) is 3.16. The highest BCUT2D eigenvalue weighted by molar-refractivity contribution is 7.17. The van der Waals surface area contributed by atoms with Crippen molar-refractivity contribution in [2.75, 3.05) is 5.32 Å². The predicted octanol–water partition coefficient (Wildman–Crippen LogP) is 1.82. The minimum absolute atomic E-state index is 0.0871. The summed E-state index contributed by atoms with van der Waals surface area (Å²) in [5.41, 5.74) is 5.44. The van der Waals surface area contributed by atoms with Crippen LogP contribution in [0.1, 0.15) is 20.2 Å². The van der Waals surface area contributed by atoms with Gasteiger partial charge in [0.05, 0.1) is 6.20 Å². The molecule has 3 N–H and O–H groups in total. The number of primary amides is 1. The van der Waals surface area contributed by atoms with E-state index in [9.17, 15) is 14.0 Å². The molecule has 0 aliphatic rings. The molecule has 3 rings (SSSR count). The molecular weight excluding hydrogens is 321 g/mol. The molecule has 3 aromatic rings. The topological polar surface area (TPSA) is 103 Å². The molecular formula is C14H10FN5O2S. The molecule has 9 heteroatoms. The fourth-order valence-corrected chi connectivity index (χ4v) is 2.49. The Kier molecular flexibility index (Phi) is 3.85. The van der Waals surface area contributed by atoms with Crippen LogP contribution in [0.2, 0.25) is 0 Å². The second-order valence-corrected chi connectivity index (χ2v) is 5.48. The lowest BCUT2D eigenvalue weighted by molar-refractivity contribution is 0.1000. The van der Waals surface area contributed by atoms with Crippen LogP contribution in [-0.2, 0) is 0 Å². The van der Waals surface area contributed by atoms with Crippen LogP contribution >= 0.6 is 11.3 Å². The molecule has 2 amide bonds. The van der Waals surface area contributed by atoms with Crippen molar-refractivity contribution < 1.29 is 14.0 Å². The van der Waals surface area contributed by atoms with E-state index in [-0.39, 0.29) is 21.4 Å². The van der Waals surface area contributed by atoms with E-state index in [1.54, 1.807) is 18.2 Å². The number of nitrogens with zero attached hydrogens (tertiary/aromatic N) is 3. The molecule has 1 aromatic carbocycles. The monoisotopic (exact) mass is 331 g/mol. The third-order valence-electron chi connectivity index (χ3n) is 2.89. The summed E-state index contributed by atoms with van der Waals surface area (Å²) in [6.45, 7) is 0. The molecule has 0 fully saturated rings. The molecule has 0 atom stereocenters. The summed E-state index contributed by atoms with van der Waals surface area (Å²) in [5, 5.41) is 6.76. The van der Waals surface area contributed by atoms with Crippen LogP contribution in [0, 0.1) is 5.82 Å². The zero-order valence-electron chi connectivity index (χ0n) is 11.6. The van der Waals surface area contributed by atoms with Crippen LogP contribution in [0.25, 0.3) is 5.69 Å². The van der Waals surface area contributed by atoms with Crippen LogP contribution < -0.4 is 11.1 Å². The Hall–Kier alpha value is -3.07. The molecule has 0 unspecified atom stereocenters. The van der Waals surface area contributed by atoms with Crippen LogP contribution in [0.5, 0.6) is 0 Å². The first kappa shape index (κ1) is 14.9. The van der Waals surface area contributed by atoms with E-state index in [1.165, 1.54) is 29.2 Å².